The molecule has 104 valence electrons. The number of ether oxygens (including phenoxy) is 1. The monoisotopic (exact) mass is 272 g/mol. The summed E-state index contributed by atoms with van der Waals surface area (Å²) >= 11 is 0. The van der Waals surface area contributed by atoms with Gasteiger partial charge in [0.15, 0.2) is 6.10 Å². The van der Waals surface area contributed by atoms with Gasteiger partial charge in [0.1, 0.15) is 0 Å². The number of morpholine rings is 1. The molecular formula is C15H16N2O3. The van der Waals surface area contributed by atoms with Gasteiger partial charge in [-0.25, -0.2) is 4.79 Å². The predicted molar refractivity (Wildman–Crippen MR) is 73.7 cm³/mol. The van der Waals surface area contributed by atoms with E-state index in [0.717, 1.165) is 23.7 Å². The van der Waals surface area contributed by atoms with Crippen LogP contribution in [0.25, 0.3) is 6.08 Å². The van der Waals surface area contributed by atoms with Gasteiger partial charge in [-0.2, -0.15) is 5.26 Å². The first-order valence-electron chi connectivity index (χ1n) is 6.41. The van der Waals surface area contributed by atoms with Gasteiger partial charge in [-0.05, 0) is 17.2 Å². The van der Waals surface area contributed by atoms with Crippen LogP contribution in [-0.2, 0) is 16.1 Å². The van der Waals surface area contributed by atoms with Crippen LogP contribution in [0.15, 0.2) is 30.3 Å². The number of hydrogen-bond acceptors (Lipinski definition) is 4. The average molecular weight is 272 g/mol. The molecule has 1 aliphatic rings. The van der Waals surface area contributed by atoms with E-state index in [0.29, 0.717) is 19.7 Å². The minimum atomic E-state index is -0.962. The van der Waals surface area contributed by atoms with Crippen LogP contribution in [0, 0.1) is 11.3 Å². The van der Waals surface area contributed by atoms with Crippen molar-refractivity contribution in [1.29, 1.82) is 5.26 Å². The molecule has 0 aliphatic carbocycles. The summed E-state index contributed by atoms with van der Waals surface area (Å²) in [5, 5.41) is 17.6. The van der Waals surface area contributed by atoms with Gasteiger partial charge in [-0.3, -0.25) is 4.90 Å². The lowest BCUT2D eigenvalue weighted by molar-refractivity contribution is -0.131. The molecule has 1 saturated heterocycles. The van der Waals surface area contributed by atoms with E-state index in [2.05, 4.69) is 11.0 Å². The Kier molecular flexibility index (Phi) is 4.88. The van der Waals surface area contributed by atoms with E-state index in [-0.39, 0.29) is 6.10 Å². The fourth-order valence-electron chi connectivity index (χ4n) is 2.17. The van der Waals surface area contributed by atoms with Crippen LogP contribution in [-0.4, -0.2) is 41.8 Å². The van der Waals surface area contributed by atoms with Crippen molar-refractivity contribution in [2.75, 3.05) is 19.7 Å². The van der Waals surface area contributed by atoms with Crippen molar-refractivity contribution in [2.24, 2.45) is 0 Å². The molecule has 1 atom stereocenters. The highest BCUT2D eigenvalue weighted by Gasteiger charge is 2.20. The molecule has 1 aromatic carbocycles. The Balaban J connectivity index is 2.09. The fraction of sp³-hybridized carbons (Fsp3) is 0.333. The molecule has 5 heteroatoms. The molecule has 2 rings (SSSR count). The number of carbonyl (C=O) groups is 1. The van der Waals surface area contributed by atoms with Gasteiger partial charge in [-0.1, -0.05) is 24.3 Å². The maximum atomic E-state index is 10.6. The van der Waals surface area contributed by atoms with E-state index < -0.39 is 5.97 Å². The summed E-state index contributed by atoms with van der Waals surface area (Å²) in [6, 6.07) is 9.78. The number of rotatable bonds is 4. The van der Waals surface area contributed by atoms with Crippen LogP contribution < -0.4 is 0 Å². The van der Waals surface area contributed by atoms with E-state index in [1.54, 1.807) is 6.08 Å². The number of nitrogens with zero attached hydrogens (tertiary/aromatic N) is 2. The first-order valence-corrected chi connectivity index (χ1v) is 6.41. The highest BCUT2D eigenvalue weighted by molar-refractivity contribution is 5.85. The first kappa shape index (κ1) is 14.3. The predicted octanol–water partition coefficient (Wildman–Crippen LogP) is 1.51. The molecule has 1 aromatic rings. The van der Waals surface area contributed by atoms with Crippen molar-refractivity contribution in [3.05, 3.63) is 41.5 Å². The van der Waals surface area contributed by atoms with Crippen molar-refractivity contribution in [3.63, 3.8) is 0 Å². The van der Waals surface area contributed by atoms with Gasteiger partial charge >= 0.3 is 5.97 Å². The van der Waals surface area contributed by atoms with Crippen LogP contribution >= 0.6 is 0 Å². The minimum Gasteiger partial charge on any atom is -0.478 e. The number of carboxylic acids is 1. The zero-order chi connectivity index (χ0) is 14.4. The topological polar surface area (TPSA) is 73.6 Å². The summed E-state index contributed by atoms with van der Waals surface area (Å²) in [7, 11) is 0. The number of benzene rings is 1. The largest absolute Gasteiger partial charge is 0.478 e. The van der Waals surface area contributed by atoms with E-state index in [1.165, 1.54) is 0 Å². The summed E-state index contributed by atoms with van der Waals surface area (Å²) < 4.78 is 5.31. The van der Waals surface area contributed by atoms with Crippen molar-refractivity contribution < 1.29 is 14.6 Å². The summed E-state index contributed by atoms with van der Waals surface area (Å²) in [5.74, 6) is -0.962. The SMILES string of the molecule is N#CC1CN(Cc2ccccc2C=CC(=O)O)CCO1. The Bertz CT molecular complexity index is 548. The van der Waals surface area contributed by atoms with Crippen molar-refractivity contribution in [2.45, 2.75) is 12.6 Å². The standard InChI is InChI=1S/C15H16N2O3/c16-9-14-11-17(7-8-20-14)10-13-4-2-1-3-12(13)5-6-15(18)19/h1-6,14H,7-8,10-11H2,(H,18,19). The summed E-state index contributed by atoms with van der Waals surface area (Å²) in [5.41, 5.74) is 1.93. The number of aliphatic carboxylic acids is 1. The molecule has 0 aromatic heterocycles. The van der Waals surface area contributed by atoms with Crippen LogP contribution in [0.1, 0.15) is 11.1 Å². The Morgan fingerprint density at radius 3 is 3.10 bits per heavy atom. The molecule has 1 unspecified atom stereocenters. The Morgan fingerprint density at radius 2 is 2.35 bits per heavy atom. The maximum absolute atomic E-state index is 10.6. The van der Waals surface area contributed by atoms with Gasteiger partial charge in [0.2, 0.25) is 0 Å². The van der Waals surface area contributed by atoms with Gasteiger partial charge in [0.25, 0.3) is 0 Å². The van der Waals surface area contributed by atoms with Gasteiger partial charge in [0, 0.05) is 25.7 Å². The molecule has 0 saturated carbocycles. The normalized spacial score (nSPS) is 19.9. The van der Waals surface area contributed by atoms with Gasteiger partial charge in [0.05, 0.1) is 12.7 Å². The van der Waals surface area contributed by atoms with Crippen molar-refractivity contribution in [1.82, 2.24) is 4.90 Å². The average Bonchev–Trinajstić information content (AvgIpc) is 2.46. The fourth-order valence-corrected chi connectivity index (χ4v) is 2.17. The zero-order valence-electron chi connectivity index (χ0n) is 11.0. The first-order chi connectivity index (χ1) is 9.69. The molecular weight excluding hydrogens is 256 g/mol. The van der Waals surface area contributed by atoms with E-state index in [4.69, 9.17) is 15.1 Å². The van der Waals surface area contributed by atoms with Crippen LogP contribution in [0.2, 0.25) is 0 Å². The number of hydrogen-bond donors (Lipinski definition) is 1. The maximum Gasteiger partial charge on any atom is 0.328 e. The van der Waals surface area contributed by atoms with Crippen LogP contribution in [0.4, 0.5) is 0 Å². The van der Waals surface area contributed by atoms with Gasteiger partial charge < -0.3 is 9.84 Å². The number of nitriles is 1. The lowest BCUT2D eigenvalue weighted by Crippen LogP contribution is -2.41. The molecule has 5 nitrogen and oxygen atoms in total. The third-order valence-electron chi connectivity index (χ3n) is 3.15. The lowest BCUT2D eigenvalue weighted by atomic mass is 10.1. The molecule has 20 heavy (non-hydrogen) atoms. The smallest absolute Gasteiger partial charge is 0.328 e. The molecule has 0 radical (unpaired) electrons. The van der Waals surface area contributed by atoms with Crippen molar-refractivity contribution >= 4 is 12.0 Å². The third kappa shape index (κ3) is 3.92. The summed E-state index contributed by atoms with van der Waals surface area (Å²) in [4.78, 5) is 12.7. The molecule has 0 bridgehead atoms. The van der Waals surface area contributed by atoms with E-state index in [1.807, 2.05) is 24.3 Å². The van der Waals surface area contributed by atoms with E-state index >= 15 is 0 Å². The zero-order valence-corrected chi connectivity index (χ0v) is 11.0. The van der Waals surface area contributed by atoms with Crippen LogP contribution in [0.3, 0.4) is 0 Å². The summed E-state index contributed by atoms with van der Waals surface area (Å²) in [6.07, 6.45) is 2.35. The molecule has 0 amide bonds. The van der Waals surface area contributed by atoms with E-state index in [9.17, 15) is 4.79 Å². The molecule has 1 aliphatic heterocycles. The molecule has 1 heterocycles. The minimum absolute atomic E-state index is 0.384. The Hall–Kier alpha value is -2.16. The number of carboxylic acid groups (broad SMARTS) is 1. The van der Waals surface area contributed by atoms with Gasteiger partial charge in [-0.15, -0.1) is 0 Å². The van der Waals surface area contributed by atoms with Crippen LogP contribution in [0.5, 0.6) is 0 Å². The lowest BCUT2D eigenvalue weighted by Gasteiger charge is -2.30. The summed E-state index contributed by atoms with van der Waals surface area (Å²) in [6.45, 7) is 2.58. The second kappa shape index (κ2) is 6.85. The molecule has 1 fully saturated rings. The molecule has 1 N–H and O–H groups in total. The Labute approximate surface area is 117 Å². The highest BCUT2D eigenvalue weighted by Crippen LogP contribution is 2.15. The highest BCUT2D eigenvalue weighted by atomic mass is 16.5. The third-order valence-corrected chi connectivity index (χ3v) is 3.15. The second-order valence-corrected chi connectivity index (χ2v) is 4.59. The quantitative estimate of drug-likeness (QED) is 0.841. The second-order valence-electron chi connectivity index (χ2n) is 4.59. The van der Waals surface area contributed by atoms with Crippen molar-refractivity contribution in [3.8, 4) is 6.07 Å². The Morgan fingerprint density at radius 1 is 1.55 bits per heavy atom. The molecule has 0 spiro atoms.